The minimum Gasteiger partial charge on any atom is -0.488 e. The molecule has 0 aliphatic rings. The smallest absolute Gasteiger partial charge is 0.338 e. The van der Waals surface area contributed by atoms with Gasteiger partial charge in [0.05, 0.1) is 18.8 Å². The Labute approximate surface area is 239 Å². The standard InChI is InChI=1S/C35H42O5/c1-4-27-15-17-30(18-16-27)26-40-33-13-9-8-12-31(33)22-19-28(11-7-10-14-34(36)38-5-2)25-29-20-23-32(24-21-29)35(37)39-6-3/h8-9,12-13,15-24,28H,4-7,10-11,14,25-26H2,1-3H3/b22-19+. The monoisotopic (exact) mass is 542 g/mol. The SMILES string of the molecule is CCOC(=O)CCCCC(/C=C/c1ccccc1OCc1ccc(CC)cc1)Cc1ccc(C(=O)OCC)cc1. The van der Waals surface area contributed by atoms with Gasteiger partial charge in [0, 0.05) is 12.0 Å². The summed E-state index contributed by atoms with van der Waals surface area (Å²) in [5, 5.41) is 0. The molecule has 0 amide bonds. The molecule has 0 saturated carbocycles. The Balaban J connectivity index is 1.69. The number of carbonyl (C=O) groups excluding carboxylic acids is 2. The van der Waals surface area contributed by atoms with Crippen LogP contribution in [0.2, 0.25) is 0 Å². The van der Waals surface area contributed by atoms with Crippen LogP contribution in [0.1, 0.15) is 79.1 Å². The first-order valence-electron chi connectivity index (χ1n) is 14.4. The molecule has 0 N–H and O–H groups in total. The summed E-state index contributed by atoms with van der Waals surface area (Å²) in [7, 11) is 0. The van der Waals surface area contributed by atoms with Crippen LogP contribution in [0.4, 0.5) is 0 Å². The van der Waals surface area contributed by atoms with Crippen LogP contribution in [0.5, 0.6) is 5.75 Å². The molecule has 40 heavy (non-hydrogen) atoms. The van der Waals surface area contributed by atoms with Gasteiger partial charge in [0.15, 0.2) is 0 Å². The maximum Gasteiger partial charge on any atom is 0.338 e. The molecule has 0 fully saturated rings. The normalized spacial score (nSPS) is 11.8. The Morgan fingerprint density at radius 1 is 0.775 bits per heavy atom. The first-order valence-corrected chi connectivity index (χ1v) is 14.4. The van der Waals surface area contributed by atoms with Crippen LogP contribution >= 0.6 is 0 Å². The van der Waals surface area contributed by atoms with Crippen molar-refractivity contribution in [2.75, 3.05) is 13.2 Å². The number of hydrogen-bond donors (Lipinski definition) is 0. The van der Waals surface area contributed by atoms with Crippen molar-refractivity contribution in [3.05, 3.63) is 107 Å². The lowest BCUT2D eigenvalue weighted by atomic mass is 9.92. The van der Waals surface area contributed by atoms with Crippen LogP contribution in [0.15, 0.2) is 78.9 Å². The number of benzene rings is 3. The van der Waals surface area contributed by atoms with Gasteiger partial charge >= 0.3 is 11.9 Å². The number of hydrogen-bond acceptors (Lipinski definition) is 5. The third-order valence-electron chi connectivity index (χ3n) is 6.77. The molecular weight excluding hydrogens is 500 g/mol. The summed E-state index contributed by atoms with van der Waals surface area (Å²) in [6, 6.07) is 24.3. The van der Waals surface area contributed by atoms with Crippen LogP contribution in [0.25, 0.3) is 6.08 Å². The van der Waals surface area contributed by atoms with Crippen molar-refractivity contribution >= 4 is 18.0 Å². The van der Waals surface area contributed by atoms with Crippen LogP contribution in [0.3, 0.4) is 0 Å². The Bertz CT molecular complexity index is 1210. The number of ether oxygens (including phenoxy) is 3. The molecule has 0 spiro atoms. The fraction of sp³-hybridized carbons (Fsp3) is 0.371. The van der Waals surface area contributed by atoms with Crippen LogP contribution in [-0.2, 0) is 33.7 Å². The van der Waals surface area contributed by atoms with E-state index in [-0.39, 0.29) is 17.9 Å². The molecule has 1 atom stereocenters. The van der Waals surface area contributed by atoms with E-state index in [1.165, 1.54) is 5.56 Å². The van der Waals surface area contributed by atoms with Crippen LogP contribution in [0, 0.1) is 5.92 Å². The fourth-order valence-electron chi connectivity index (χ4n) is 4.49. The number of allylic oxidation sites excluding steroid dienone is 1. The van der Waals surface area contributed by atoms with E-state index >= 15 is 0 Å². The maximum atomic E-state index is 12.0. The summed E-state index contributed by atoms with van der Waals surface area (Å²) in [4.78, 5) is 23.8. The second-order valence-corrected chi connectivity index (χ2v) is 9.79. The predicted molar refractivity (Wildman–Crippen MR) is 160 cm³/mol. The van der Waals surface area contributed by atoms with E-state index in [0.29, 0.717) is 31.8 Å². The van der Waals surface area contributed by atoms with Gasteiger partial charge in [0.1, 0.15) is 12.4 Å². The number of carbonyl (C=O) groups is 2. The Kier molecular flexibility index (Phi) is 13.0. The minimum absolute atomic E-state index is 0.139. The predicted octanol–water partition coefficient (Wildman–Crippen LogP) is 8.00. The molecule has 0 bridgehead atoms. The van der Waals surface area contributed by atoms with Crippen molar-refractivity contribution in [2.45, 2.75) is 65.9 Å². The second-order valence-electron chi connectivity index (χ2n) is 9.79. The van der Waals surface area contributed by atoms with Gasteiger partial charge in [-0.3, -0.25) is 4.79 Å². The lowest BCUT2D eigenvalue weighted by Crippen LogP contribution is -2.06. The average Bonchev–Trinajstić information content (AvgIpc) is 2.98. The number of rotatable bonds is 16. The number of esters is 2. The topological polar surface area (TPSA) is 61.8 Å². The summed E-state index contributed by atoms with van der Waals surface area (Å²) >= 11 is 0. The van der Waals surface area contributed by atoms with E-state index in [0.717, 1.165) is 54.5 Å². The highest BCUT2D eigenvalue weighted by Gasteiger charge is 2.11. The number of para-hydroxylation sites is 1. The zero-order valence-electron chi connectivity index (χ0n) is 24.1. The largest absolute Gasteiger partial charge is 0.488 e. The van der Waals surface area contributed by atoms with Crippen molar-refractivity contribution in [3.8, 4) is 5.75 Å². The van der Waals surface area contributed by atoms with Gasteiger partial charge in [-0.2, -0.15) is 0 Å². The highest BCUT2D eigenvalue weighted by molar-refractivity contribution is 5.89. The zero-order chi connectivity index (χ0) is 28.6. The third-order valence-corrected chi connectivity index (χ3v) is 6.77. The zero-order valence-corrected chi connectivity index (χ0v) is 24.1. The van der Waals surface area contributed by atoms with E-state index in [2.05, 4.69) is 49.4 Å². The quantitative estimate of drug-likeness (QED) is 0.136. The third kappa shape index (κ3) is 10.4. The Morgan fingerprint density at radius 3 is 2.15 bits per heavy atom. The van der Waals surface area contributed by atoms with E-state index in [4.69, 9.17) is 14.2 Å². The Hall–Kier alpha value is -3.86. The molecule has 212 valence electrons. The summed E-state index contributed by atoms with van der Waals surface area (Å²) in [6.45, 7) is 7.07. The lowest BCUT2D eigenvalue weighted by Gasteiger charge is -2.14. The Morgan fingerprint density at radius 2 is 1.45 bits per heavy atom. The van der Waals surface area contributed by atoms with Crippen molar-refractivity contribution in [2.24, 2.45) is 5.92 Å². The van der Waals surface area contributed by atoms with Crippen LogP contribution < -0.4 is 4.74 Å². The van der Waals surface area contributed by atoms with E-state index in [1.807, 2.05) is 49.4 Å². The molecule has 1 unspecified atom stereocenters. The van der Waals surface area contributed by atoms with Crippen molar-refractivity contribution in [1.82, 2.24) is 0 Å². The molecule has 0 radical (unpaired) electrons. The molecule has 0 heterocycles. The molecule has 0 saturated heterocycles. The molecular formula is C35H42O5. The van der Waals surface area contributed by atoms with Gasteiger partial charge in [-0.05, 0) is 80.3 Å². The lowest BCUT2D eigenvalue weighted by molar-refractivity contribution is -0.143. The summed E-state index contributed by atoms with van der Waals surface area (Å²) in [5.74, 6) is 0.658. The molecule has 0 aliphatic heterocycles. The van der Waals surface area contributed by atoms with Crippen LogP contribution in [-0.4, -0.2) is 25.2 Å². The van der Waals surface area contributed by atoms with Gasteiger partial charge < -0.3 is 14.2 Å². The van der Waals surface area contributed by atoms with E-state index < -0.39 is 0 Å². The number of unbranched alkanes of at least 4 members (excludes halogenated alkanes) is 1. The van der Waals surface area contributed by atoms with Gasteiger partial charge in [-0.25, -0.2) is 4.79 Å². The number of aryl methyl sites for hydroxylation is 1. The first kappa shape index (κ1) is 30.7. The molecule has 3 rings (SSSR count). The van der Waals surface area contributed by atoms with E-state index in [1.54, 1.807) is 6.92 Å². The van der Waals surface area contributed by atoms with E-state index in [9.17, 15) is 9.59 Å². The summed E-state index contributed by atoms with van der Waals surface area (Å²) in [6.07, 6.45) is 9.30. The second kappa shape index (κ2) is 17.0. The van der Waals surface area contributed by atoms with Gasteiger partial charge in [-0.15, -0.1) is 0 Å². The molecule has 3 aromatic carbocycles. The van der Waals surface area contributed by atoms with Crippen molar-refractivity contribution < 1.29 is 23.8 Å². The van der Waals surface area contributed by atoms with Gasteiger partial charge in [0.2, 0.25) is 0 Å². The maximum absolute atomic E-state index is 12.0. The molecule has 5 nitrogen and oxygen atoms in total. The molecule has 0 aliphatic carbocycles. The van der Waals surface area contributed by atoms with Gasteiger partial charge in [0.25, 0.3) is 0 Å². The molecule has 0 aromatic heterocycles. The highest BCUT2D eigenvalue weighted by Crippen LogP contribution is 2.24. The summed E-state index contributed by atoms with van der Waals surface area (Å²) < 4.78 is 16.4. The summed E-state index contributed by atoms with van der Waals surface area (Å²) in [5.41, 5.74) is 5.19. The minimum atomic E-state index is -0.303. The fourth-order valence-corrected chi connectivity index (χ4v) is 4.49. The van der Waals surface area contributed by atoms with Gasteiger partial charge in [-0.1, -0.05) is 80.1 Å². The average molecular weight is 543 g/mol. The highest BCUT2D eigenvalue weighted by atomic mass is 16.5. The molecule has 5 heteroatoms. The first-order chi connectivity index (χ1) is 19.5. The van der Waals surface area contributed by atoms with Crippen molar-refractivity contribution in [3.63, 3.8) is 0 Å². The van der Waals surface area contributed by atoms with Crippen molar-refractivity contribution in [1.29, 1.82) is 0 Å². The molecule has 3 aromatic rings.